The van der Waals surface area contributed by atoms with E-state index >= 15 is 0 Å². The van der Waals surface area contributed by atoms with Crippen LogP contribution in [-0.2, 0) is 0 Å². The molecule has 2 aromatic carbocycles. The average molecular weight is 344 g/mol. The number of rotatable bonds is 5. The number of hydrogen-bond acceptors (Lipinski definition) is 6. The van der Waals surface area contributed by atoms with Crippen molar-refractivity contribution in [1.29, 1.82) is 0 Å². The van der Waals surface area contributed by atoms with Gasteiger partial charge in [0.1, 0.15) is 23.6 Å². The summed E-state index contributed by atoms with van der Waals surface area (Å²) in [6.07, 6.45) is 1.20. The number of nitrogens with two attached hydrogens (primary N) is 1. The van der Waals surface area contributed by atoms with E-state index in [-0.39, 0.29) is 23.1 Å². The molecular weight excluding hydrogens is 330 g/mol. The Morgan fingerprint density at radius 1 is 1.04 bits per heavy atom. The van der Waals surface area contributed by atoms with E-state index < -0.39 is 11.6 Å². The second-order valence-electron chi connectivity index (χ2n) is 4.94. The molecule has 0 aliphatic rings. The fraction of sp³-hybridized carbons (Fsp3) is 0.0588. The Hall–Kier alpha value is -3.42. The third kappa shape index (κ3) is 3.57. The van der Waals surface area contributed by atoms with Crippen LogP contribution in [0.4, 0.5) is 26.0 Å². The molecule has 0 radical (unpaired) electrons. The van der Waals surface area contributed by atoms with E-state index in [2.05, 4.69) is 15.3 Å². The molecule has 3 N–H and O–H groups in total. The molecule has 128 valence electrons. The molecule has 0 saturated carbocycles. The minimum atomic E-state index is -0.647. The Balaban J connectivity index is 1.91. The van der Waals surface area contributed by atoms with Crippen molar-refractivity contribution in [2.75, 3.05) is 18.2 Å². The molecule has 0 amide bonds. The highest BCUT2D eigenvalue weighted by atomic mass is 19.1. The van der Waals surface area contributed by atoms with Crippen LogP contribution in [0.15, 0.2) is 48.8 Å². The smallest absolute Gasteiger partial charge is 0.248 e. The van der Waals surface area contributed by atoms with Gasteiger partial charge >= 0.3 is 0 Å². The second-order valence-corrected chi connectivity index (χ2v) is 4.94. The van der Waals surface area contributed by atoms with Crippen molar-refractivity contribution in [2.45, 2.75) is 0 Å². The highest BCUT2D eigenvalue weighted by Crippen LogP contribution is 2.35. The lowest BCUT2D eigenvalue weighted by molar-refractivity contribution is 0.374. The molecular formula is C17H14F2N4O2. The van der Waals surface area contributed by atoms with Crippen molar-refractivity contribution < 1.29 is 18.3 Å². The van der Waals surface area contributed by atoms with Gasteiger partial charge in [0.05, 0.1) is 12.8 Å². The topological polar surface area (TPSA) is 82.3 Å². The molecule has 0 aliphatic carbocycles. The Bertz CT molecular complexity index is 906. The van der Waals surface area contributed by atoms with Gasteiger partial charge in [-0.15, -0.1) is 0 Å². The summed E-state index contributed by atoms with van der Waals surface area (Å²) >= 11 is 0. The van der Waals surface area contributed by atoms with Gasteiger partial charge < -0.3 is 20.5 Å². The van der Waals surface area contributed by atoms with E-state index in [0.717, 1.165) is 18.2 Å². The first-order valence-electron chi connectivity index (χ1n) is 7.22. The maximum absolute atomic E-state index is 13.8. The maximum Gasteiger partial charge on any atom is 0.248 e. The molecule has 0 saturated heterocycles. The number of aromatic nitrogens is 2. The summed E-state index contributed by atoms with van der Waals surface area (Å²) in [5, 5.41) is 2.63. The Morgan fingerprint density at radius 3 is 2.56 bits per heavy atom. The molecule has 1 aromatic heterocycles. The summed E-state index contributed by atoms with van der Waals surface area (Å²) < 4.78 is 37.9. The number of hydrogen-bond donors (Lipinski definition) is 2. The highest BCUT2D eigenvalue weighted by molar-refractivity contribution is 5.72. The lowest BCUT2D eigenvalue weighted by Gasteiger charge is -2.13. The van der Waals surface area contributed by atoms with E-state index in [1.807, 2.05) is 0 Å². The van der Waals surface area contributed by atoms with Crippen LogP contribution in [-0.4, -0.2) is 17.1 Å². The van der Waals surface area contributed by atoms with Crippen molar-refractivity contribution in [1.82, 2.24) is 9.97 Å². The van der Waals surface area contributed by atoms with Gasteiger partial charge in [0.15, 0.2) is 17.3 Å². The van der Waals surface area contributed by atoms with Crippen LogP contribution in [0.5, 0.6) is 17.4 Å². The molecule has 8 heteroatoms. The number of ether oxygens (including phenoxy) is 2. The summed E-state index contributed by atoms with van der Waals surface area (Å²) in [5.41, 5.74) is 5.92. The number of para-hydroxylation sites is 2. The third-order valence-electron chi connectivity index (χ3n) is 3.30. The molecule has 0 bridgehead atoms. The Kier molecular flexibility index (Phi) is 4.60. The standard InChI is InChI=1S/C17H14F2N4O2/c1-24-13-4-2-3-5-14(13)25-17-15(20)16(21-9-22-17)23-12-8-10(18)6-7-11(12)19/h2-9H,20H2,1H3,(H,21,22,23). The van der Waals surface area contributed by atoms with E-state index in [4.69, 9.17) is 15.2 Å². The van der Waals surface area contributed by atoms with Crippen LogP contribution in [0.3, 0.4) is 0 Å². The van der Waals surface area contributed by atoms with Crippen LogP contribution >= 0.6 is 0 Å². The van der Waals surface area contributed by atoms with Crippen molar-refractivity contribution in [2.24, 2.45) is 0 Å². The molecule has 1 heterocycles. The number of nitrogens with one attached hydrogen (secondary N) is 1. The van der Waals surface area contributed by atoms with Crippen LogP contribution in [0.2, 0.25) is 0 Å². The van der Waals surface area contributed by atoms with Gasteiger partial charge in [-0.3, -0.25) is 0 Å². The zero-order valence-corrected chi connectivity index (χ0v) is 13.2. The van der Waals surface area contributed by atoms with Gasteiger partial charge in [-0.25, -0.2) is 13.8 Å². The third-order valence-corrected chi connectivity index (χ3v) is 3.30. The largest absolute Gasteiger partial charge is 0.493 e. The quantitative estimate of drug-likeness (QED) is 0.731. The van der Waals surface area contributed by atoms with Gasteiger partial charge in [0.2, 0.25) is 5.88 Å². The number of benzene rings is 2. The average Bonchev–Trinajstić information content (AvgIpc) is 2.62. The van der Waals surface area contributed by atoms with E-state index in [1.54, 1.807) is 24.3 Å². The zero-order valence-electron chi connectivity index (χ0n) is 13.2. The second kappa shape index (κ2) is 7.00. The highest BCUT2D eigenvalue weighted by Gasteiger charge is 2.14. The number of methoxy groups -OCH3 is 1. The van der Waals surface area contributed by atoms with Gasteiger partial charge in [0, 0.05) is 6.07 Å². The Labute approximate surface area is 142 Å². The van der Waals surface area contributed by atoms with Crippen LogP contribution in [0.25, 0.3) is 0 Å². The number of nitrogens with zero attached hydrogens (tertiary/aromatic N) is 2. The first-order valence-corrected chi connectivity index (χ1v) is 7.22. The summed E-state index contributed by atoms with van der Waals surface area (Å²) in [6, 6.07) is 9.96. The van der Waals surface area contributed by atoms with E-state index in [1.165, 1.54) is 13.4 Å². The molecule has 0 unspecified atom stereocenters. The zero-order chi connectivity index (χ0) is 17.8. The fourth-order valence-corrected chi connectivity index (χ4v) is 2.09. The van der Waals surface area contributed by atoms with Crippen LogP contribution in [0.1, 0.15) is 0 Å². The SMILES string of the molecule is COc1ccccc1Oc1ncnc(Nc2cc(F)ccc2F)c1N. The molecule has 6 nitrogen and oxygen atoms in total. The van der Waals surface area contributed by atoms with Crippen molar-refractivity contribution in [3.63, 3.8) is 0 Å². The Morgan fingerprint density at radius 2 is 1.80 bits per heavy atom. The monoisotopic (exact) mass is 344 g/mol. The molecule has 25 heavy (non-hydrogen) atoms. The summed E-state index contributed by atoms with van der Waals surface area (Å²) in [6.45, 7) is 0. The molecule has 0 aliphatic heterocycles. The number of anilines is 3. The lowest BCUT2D eigenvalue weighted by atomic mass is 10.3. The normalized spacial score (nSPS) is 10.4. The summed E-state index contributed by atoms with van der Waals surface area (Å²) in [4.78, 5) is 7.91. The molecule has 0 spiro atoms. The predicted molar refractivity (Wildman–Crippen MR) is 89.2 cm³/mol. The first-order chi connectivity index (χ1) is 12.1. The lowest BCUT2D eigenvalue weighted by Crippen LogP contribution is -2.04. The minimum Gasteiger partial charge on any atom is -0.493 e. The predicted octanol–water partition coefficient (Wildman–Crippen LogP) is 3.88. The first kappa shape index (κ1) is 16.4. The fourth-order valence-electron chi connectivity index (χ4n) is 2.09. The van der Waals surface area contributed by atoms with Crippen LogP contribution < -0.4 is 20.5 Å². The minimum absolute atomic E-state index is 0.0390. The van der Waals surface area contributed by atoms with Crippen molar-refractivity contribution >= 4 is 17.2 Å². The van der Waals surface area contributed by atoms with Gasteiger partial charge in [-0.1, -0.05) is 12.1 Å². The summed E-state index contributed by atoms with van der Waals surface area (Å²) in [7, 11) is 1.51. The summed E-state index contributed by atoms with van der Waals surface area (Å²) in [5.74, 6) is -0.207. The van der Waals surface area contributed by atoms with Crippen LogP contribution in [0, 0.1) is 11.6 Å². The number of halogens is 2. The van der Waals surface area contributed by atoms with Gasteiger partial charge in [-0.2, -0.15) is 4.98 Å². The van der Waals surface area contributed by atoms with Crippen molar-refractivity contribution in [3.8, 4) is 17.4 Å². The molecule has 0 fully saturated rings. The maximum atomic E-state index is 13.8. The van der Waals surface area contributed by atoms with Gasteiger partial charge in [-0.05, 0) is 24.3 Å². The van der Waals surface area contributed by atoms with Crippen molar-refractivity contribution in [3.05, 3.63) is 60.4 Å². The molecule has 3 aromatic rings. The van der Waals surface area contributed by atoms with E-state index in [0.29, 0.717) is 11.5 Å². The molecule has 0 atom stereocenters. The van der Waals surface area contributed by atoms with Gasteiger partial charge in [0.25, 0.3) is 0 Å². The molecule has 3 rings (SSSR count). The number of nitrogen functional groups attached to an aromatic ring is 1. The van der Waals surface area contributed by atoms with E-state index in [9.17, 15) is 8.78 Å².